The molecule has 19 heavy (non-hydrogen) atoms. The van der Waals surface area contributed by atoms with Gasteiger partial charge in [-0.2, -0.15) is 0 Å². The van der Waals surface area contributed by atoms with E-state index in [0.29, 0.717) is 6.04 Å². The van der Waals surface area contributed by atoms with Crippen molar-refractivity contribution in [1.29, 1.82) is 0 Å². The highest BCUT2D eigenvalue weighted by Gasteiger charge is 2.23. The summed E-state index contributed by atoms with van der Waals surface area (Å²) in [5, 5.41) is 4.68. The quantitative estimate of drug-likeness (QED) is 0.788. The second kappa shape index (κ2) is 9.08. The Bertz CT molecular complexity index is 413. The third-order valence-electron chi connectivity index (χ3n) is 3.02. The Morgan fingerprint density at radius 2 is 2.05 bits per heavy atom. The number of nitrogens with zero attached hydrogens (tertiary/aromatic N) is 1. The van der Waals surface area contributed by atoms with E-state index in [-0.39, 0.29) is 17.3 Å². The van der Waals surface area contributed by atoms with Gasteiger partial charge in [0.2, 0.25) is 0 Å². The molecule has 0 bridgehead atoms. The monoisotopic (exact) mass is 278 g/mol. The van der Waals surface area contributed by atoms with E-state index in [4.69, 9.17) is 0 Å². The van der Waals surface area contributed by atoms with Crippen molar-refractivity contribution in [3.63, 3.8) is 0 Å². The molecule has 0 spiro atoms. The number of benzene rings is 1. The lowest BCUT2D eigenvalue weighted by molar-refractivity contribution is 0.644. The molecule has 1 atom stereocenters. The number of rotatable bonds is 1. The Hall–Kier alpha value is -0.895. The number of thioether (sulfide) groups is 1. The molecule has 1 N–H and O–H groups in total. The van der Waals surface area contributed by atoms with Crippen molar-refractivity contribution >= 4 is 25.3 Å². The number of fused-ring (bicyclic) bond motifs is 1. The fourth-order valence-electron chi connectivity index (χ4n) is 2.28. The molecule has 2 aliphatic rings. The third kappa shape index (κ3) is 4.31. The average molecular weight is 278 g/mol. The Balaban J connectivity index is 0. The topological polar surface area (TPSA) is 24.4 Å². The Morgan fingerprint density at radius 3 is 2.74 bits per heavy atom. The molecule has 1 aliphatic heterocycles. The van der Waals surface area contributed by atoms with E-state index >= 15 is 0 Å². The number of amidine groups is 1. The van der Waals surface area contributed by atoms with Gasteiger partial charge in [0.1, 0.15) is 0 Å². The zero-order chi connectivity index (χ0) is 12.1. The Labute approximate surface area is 125 Å². The highest BCUT2D eigenvalue weighted by Crippen LogP contribution is 2.31. The first-order valence-electron chi connectivity index (χ1n) is 6.45. The van der Waals surface area contributed by atoms with Gasteiger partial charge in [0.05, 0.1) is 12.6 Å². The van der Waals surface area contributed by atoms with Crippen LogP contribution in [0.5, 0.6) is 0 Å². The number of aryl methyl sites for hydroxylation is 1. The minimum absolute atomic E-state index is 0. The van der Waals surface area contributed by atoms with Gasteiger partial charge in [-0.05, 0) is 24.0 Å². The van der Waals surface area contributed by atoms with Gasteiger partial charge in [0.15, 0.2) is 5.17 Å². The van der Waals surface area contributed by atoms with E-state index < -0.39 is 0 Å². The van der Waals surface area contributed by atoms with Crippen LogP contribution in [0.3, 0.4) is 0 Å². The van der Waals surface area contributed by atoms with Crippen molar-refractivity contribution in [3.8, 4) is 0 Å². The first-order chi connectivity index (χ1) is 8.43. The van der Waals surface area contributed by atoms with Crippen molar-refractivity contribution < 1.29 is 1.43 Å². The maximum absolute atomic E-state index is 4.44. The maximum atomic E-state index is 4.44. The fraction of sp³-hybridized carbons (Fsp3) is 0.533. The Kier molecular flexibility index (Phi) is 8.65. The van der Waals surface area contributed by atoms with Crippen LogP contribution in [0.25, 0.3) is 0 Å². The van der Waals surface area contributed by atoms with Gasteiger partial charge in [-0.15, -0.1) is 0 Å². The second-order valence-corrected chi connectivity index (χ2v) is 5.05. The molecule has 0 amide bonds. The van der Waals surface area contributed by atoms with Crippen molar-refractivity contribution in [2.75, 3.05) is 12.3 Å². The van der Waals surface area contributed by atoms with Crippen LogP contribution in [0, 0.1) is 0 Å². The molecule has 105 valence electrons. The summed E-state index contributed by atoms with van der Waals surface area (Å²) in [7, 11) is 0. The number of hydrogen-bond donors (Lipinski definition) is 1. The maximum Gasteiger partial charge on any atom is 0.157 e. The SMILES string of the molecule is C.CC.[2HH].[B].c1ccc2c(c1)CCC2NC1=NCCS1. The lowest BCUT2D eigenvalue weighted by atomic mass is 10.1. The first-order valence-corrected chi connectivity index (χ1v) is 7.43. The van der Waals surface area contributed by atoms with Crippen LogP contribution >= 0.6 is 11.8 Å². The third-order valence-corrected chi connectivity index (χ3v) is 3.92. The normalized spacial score (nSPS) is 19.1. The van der Waals surface area contributed by atoms with Crippen molar-refractivity contribution in [3.05, 3.63) is 35.4 Å². The molecule has 2 nitrogen and oxygen atoms in total. The van der Waals surface area contributed by atoms with Crippen LogP contribution in [-0.4, -0.2) is 25.9 Å². The van der Waals surface area contributed by atoms with E-state index in [2.05, 4.69) is 34.6 Å². The van der Waals surface area contributed by atoms with Gasteiger partial charge in [-0.25, -0.2) is 0 Å². The van der Waals surface area contributed by atoms with Crippen molar-refractivity contribution in [1.82, 2.24) is 5.32 Å². The molecule has 0 saturated heterocycles. The van der Waals surface area contributed by atoms with E-state index in [1.165, 1.54) is 24.0 Å². The second-order valence-electron chi connectivity index (χ2n) is 3.97. The predicted molar refractivity (Wildman–Crippen MR) is 91.3 cm³/mol. The van der Waals surface area contributed by atoms with Crippen molar-refractivity contribution in [2.24, 2.45) is 4.99 Å². The number of aliphatic imine (C=N–C) groups is 1. The molecule has 0 aromatic heterocycles. The fourth-order valence-corrected chi connectivity index (χ4v) is 3.06. The van der Waals surface area contributed by atoms with Crippen LogP contribution in [0.15, 0.2) is 29.3 Å². The molecule has 0 fully saturated rings. The minimum atomic E-state index is 0. The molecule has 1 aromatic carbocycles. The van der Waals surface area contributed by atoms with E-state index in [9.17, 15) is 0 Å². The van der Waals surface area contributed by atoms with Crippen LogP contribution in [-0.2, 0) is 6.42 Å². The van der Waals surface area contributed by atoms with Gasteiger partial charge in [-0.1, -0.05) is 57.3 Å². The molecule has 3 rings (SSSR count). The summed E-state index contributed by atoms with van der Waals surface area (Å²) in [5.41, 5.74) is 2.96. The van der Waals surface area contributed by atoms with Crippen LogP contribution in [0.2, 0.25) is 0 Å². The van der Waals surface area contributed by atoms with Crippen LogP contribution in [0.1, 0.15) is 46.3 Å². The lowest BCUT2D eigenvalue weighted by Gasteiger charge is -2.14. The first kappa shape index (κ1) is 18.1. The Morgan fingerprint density at radius 1 is 1.32 bits per heavy atom. The van der Waals surface area contributed by atoms with Gasteiger partial charge >= 0.3 is 0 Å². The van der Waals surface area contributed by atoms with E-state index in [1.54, 1.807) is 0 Å². The average Bonchev–Trinajstić information content (AvgIpc) is 3.03. The smallest absolute Gasteiger partial charge is 0.157 e. The summed E-state index contributed by atoms with van der Waals surface area (Å²) in [6.07, 6.45) is 2.41. The molecular formula is C15H26BN2S. The number of nitrogens with one attached hydrogen (secondary N) is 1. The van der Waals surface area contributed by atoms with E-state index in [0.717, 1.165) is 17.5 Å². The van der Waals surface area contributed by atoms with Crippen LogP contribution < -0.4 is 5.32 Å². The highest BCUT2D eigenvalue weighted by molar-refractivity contribution is 8.14. The zero-order valence-corrected chi connectivity index (χ0v) is 12.0. The highest BCUT2D eigenvalue weighted by atomic mass is 32.2. The molecular weight excluding hydrogens is 251 g/mol. The predicted octanol–water partition coefficient (Wildman–Crippen LogP) is 3.89. The molecule has 1 aromatic rings. The van der Waals surface area contributed by atoms with E-state index in [1.807, 2.05) is 25.6 Å². The molecule has 0 saturated carbocycles. The van der Waals surface area contributed by atoms with Gasteiger partial charge in [0, 0.05) is 15.6 Å². The van der Waals surface area contributed by atoms with Gasteiger partial charge in [0.25, 0.3) is 0 Å². The zero-order valence-electron chi connectivity index (χ0n) is 11.1. The summed E-state index contributed by atoms with van der Waals surface area (Å²) in [5.74, 6) is 1.14. The molecule has 4 heteroatoms. The van der Waals surface area contributed by atoms with Gasteiger partial charge in [-0.3, -0.25) is 4.99 Å². The summed E-state index contributed by atoms with van der Waals surface area (Å²) in [6, 6.07) is 9.22. The lowest BCUT2D eigenvalue weighted by Crippen LogP contribution is -2.23. The van der Waals surface area contributed by atoms with Crippen LogP contribution in [0.4, 0.5) is 0 Å². The summed E-state index contributed by atoms with van der Waals surface area (Å²) >= 11 is 1.84. The molecule has 1 unspecified atom stereocenters. The summed E-state index contributed by atoms with van der Waals surface area (Å²) < 4.78 is 0. The molecule has 3 radical (unpaired) electrons. The summed E-state index contributed by atoms with van der Waals surface area (Å²) in [4.78, 5) is 4.44. The summed E-state index contributed by atoms with van der Waals surface area (Å²) in [6.45, 7) is 4.97. The number of hydrogen-bond acceptors (Lipinski definition) is 3. The standard InChI is InChI=1S/C12H14N2S.C2H6.CH4.B.H2/c1-2-4-10-9(3-1)5-6-11(10)14-12-13-7-8-15-12;1-2;;;/h1-4,11H,5-8H2,(H,13,14);1-2H3;1H4;;1H/i;;;;1+1. The minimum Gasteiger partial charge on any atom is -0.358 e. The molecule has 1 heterocycles. The van der Waals surface area contributed by atoms with Gasteiger partial charge < -0.3 is 5.32 Å². The largest absolute Gasteiger partial charge is 0.358 e. The van der Waals surface area contributed by atoms with Crippen molar-refractivity contribution in [2.45, 2.75) is 40.2 Å². The molecule has 1 aliphatic carbocycles.